The van der Waals surface area contributed by atoms with Gasteiger partial charge in [-0.15, -0.1) is 0 Å². The zero-order valence-corrected chi connectivity index (χ0v) is 5.29. The summed E-state index contributed by atoms with van der Waals surface area (Å²) >= 11 is 0. The van der Waals surface area contributed by atoms with E-state index < -0.39 is 7.12 Å². The van der Waals surface area contributed by atoms with Crippen molar-refractivity contribution in [3.8, 4) is 0 Å². The van der Waals surface area contributed by atoms with Crippen molar-refractivity contribution in [2.24, 2.45) is 0 Å². The fourth-order valence-corrected chi connectivity index (χ4v) is 0.330. The molecule has 3 N–H and O–H groups in total. The van der Waals surface area contributed by atoms with Gasteiger partial charge in [0.15, 0.2) is 0 Å². The summed E-state index contributed by atoms with van der Waals surface area (Å²) in [5.41, 5.74) is 0. The van der Waals surface area contributed by atoms with Gasteiger partial charge in [-0.3, -0.25) is 4.79 Å². The third-order valence-corrected chi connectivity index (χ3v) is 0.803. The minimum Gasteiger partial charge on any atom is -0.426 e. The van der Waals surface area contributed by atoms with Gasteiger partial charge in [-0.2, -0.15) is 0 Å². The molecule has 0 aliphatic carbocycles. The maximum atomic E-state index is 10.4. The van der Waals surface area contributed by atoms with Crippen LogP contribution >= 0.6 is 0 Å². The number of amides is 1. The first-order valence-corrected chi connectivity index (χ1v) is 2.79. The molecule has 1 amide bonds. The second-order valence-corrected chi connectivity index (χ2v) is 1.64. The molecule has 0 atom stereocenters. The highest BCUT2D eigenvalue weighted by Gasteiger charge is 2.06. The molecule has 0 radical (unpaired) electrons. The molecule has 0 fully saturated rings. The van der Waals surface area contributed by atoms with Crippen molar-refractivity contribution in [2.45, 2.75) is 13.3 Å². The Morgan fingerprint density at radius 3 is 2.56 bits per heavy atom. The number of hydrogen-bond donors (Lipinski definition) is 3. The minimum absolute atomic E-state index is 0.0906. The van der Waals surface area contributed by atoms with Crippen molar-refractivity contribution in [1.82, 2.24) is 5.32 Å². The van der Waals surface area contributed by atoms with Gasteiger partial charge in [0.05, 0.1) is 6.44 Å². The summed E-state index contributed by atoms with van der Waals surface area (Å²) in [7, 11) is -1.44. The van der Waals surface area contributed by atoms with Gasteiger partial charge in [0, 0.05) is 6.42 Å². The second kappa shape index (κ2) is 4.35. The molecule has 0 heterocycles. The van der Waals surface area contributed by atoms with Crippen molar-refractivity contribution in [1.29, 1.82) is 0 Å². The van der Waals surface area contributed by atoms with Crippen LogP contribution in [-0.4, -0.2) is 29.5 Å². The minimum atomic E-state index is -1.44. The molecule has 0 aromatic rings. The zero-order valence-electron chi connectivity index (χ0n) is 5.29. The lowest BCUT2D eigenvalue weighted by Gasteiger charge is -1.99. The van der Waals surface area contributed by atoms with Crippen LogP contribution in [0.3, 0.4) is 0 Å². The maximum Gasteiger partial charge on any atom is 0.472 e. The number of carbonyl (C=O) groups excluding carboxylic acids is 1. The van der Waals surface area contributed by atoms with Crippen LogP contribution in [0.1, 0.15) is 13.3 Å². The van der Waals surface area contributed by atoms with Crippen molar-refractivity contribution in [3.63, 3.8) is 0 Å². The van der Waals surface area contributed by atoms with Gasteiger partial charge in [-0.05, 0) is 0 Å². The Morgan fingerprint density at radius 1 is 1.67 bits per heavy atom. The molecule has 0 unspecified atom stereocenters. The first kappa shape index (κ1) is 8.45. The van der Waals surface area contributed by atoms with Gasteiger partial charge in [0.25, 0.3) is 0 Å². The molecule has 0 aromatic heterocycles. The first-order chi connectivity index (χ1) is 4.16. The average Bonchev–Trinajstić information content (AvgIpc) is 1.83. The fraction of sp³-hybridized carbons (Fsp3) is 0.750. The van der Waals surface area contributed by atoms with E-state index in [0.717, 1.165) is 0 Å². The lowest BCUT2D eigenvalue weighted by molar-refractivity contribution is -0.120. The Morgan fingerprint density at radius 2 is 2.22 bits per heavy atom. The molecule has 0 spiro atoms. The molecule has 0 rings (SSSR count). The predicted molar refractivity (Wildman–Crippen MR) is 33.5 cm³/mol. The topological polar surface area (TPSA) is 69.6 Å². The van der Waals surface area contributed by atoms with Gasteiger partial charge >= 0.3 is 7.12 Å². The van der Waals surface area contributed by atoms with Gasteiger partial charge in [-0.1, -0.05) is 6.92 Å². The molecular formula is C4H10BNO3. The Bertz CT molecular complexity index is 95.8. The van der Waals surface area contributed by atoms with E-state index in [-0.39, 0.29) is 12.4 Å². The molecule has 0 aliphatic heterocycles. The summed E-state index contributed by atoms with van der Waals surface area (Å²) in [6.07, 6.45) is 0.277. The molecule has 4 nitrogen and oxygen atoms in total. The Hall–Kier alpha value is -0.545. The summed E-state index contributed by atoms with van der Waals surface area (Å²) in [6, 6.07) is 0. The van der Waals surface area contributed by atoms with Crippen LogP contribution in [0, 0.1) is 0 Å². The Labute approximate surface area is 54.0 Å². The third-order valence-electron chi connectivity index (χ3n) is 0.803. The molecule has 9 heavy (non-hydrogen) atoms. The van der Waals surface area contributed by atoms with Crippen LogP contribution in [0.15, 0.2) is 0 Å². The zero-order chi connectivity index (χ0) is 7.28. The fourth-order valence-electron chi connectivity index (χ4n) is 0.330. The lowest BCUT2D eigenvalue weighted by Crippen LogP contribution is -2.34. The van der Waals surface area contributed by atoms with Crippen molar-refractivity contribution < 1.29 is 14.8 Å². The summed E-state index contributed by atoms with van der Waals surface area (Å²) in [6.45, 7) is 1.69. The Balaban J connectivity index is 3.17. The van der Waals surface area contributed by atoms with Gasteiger partial charge in [0.2, 0.25) is 5.91 Å². The number of nitrogens with one attached hydrogen (secondary N) is 1. The molecule has 52 valence electrons. The summed E-state index contributed by atoms with van der Waals surface area (Å²) < 4.78 is 0. The summed E-state index contributed by atoms with van der Waals surface area (Å²) in [5.74, 6) is -0.178. The molecule has 0 saturated carbocycles. The van der Waals surface area contributed by atoms with Crippen LogP contribution in [0.4, 0.5) is 0 Å². The van der Waals surface area contributed by atoms with Gasteiger partial charge in [-0.25, -0.2) is 0 Å². The van der Waals surface area contributed by atoms with E-state index >= 15 is 0 Å². The molecular weight excluding hydrogens is 121 g/mol. The van der Waals surface area contributed by atoms with Crippen molar-refractivity contribution in [3.05, 3.63) is 0 Å². The van der Waals surface area contributed by atoms with Crippen molar-refractivity contribution in [2.75, 3.05) is 6.44 Å². The first-order valence-electron chi connectivity index (χ1n) is 2.79. The van der Waals surface area contributed by atoms with Crippen LogP contribution in [0.5, 0.6) is 0 Å². The number of carbonyl (C=O) groups is 1. The molecule has 0 aromatic carbocycles. The van der Waals surface area contributed by atoms with Crippen LogP contribution < -0.4 is 5.32 Å². The second-order valence-electron chi connectivity index (χ2n) is 1.64. The molecule has 0 bridgehead atoms. The quantitative estimate of drug-likeness (QED) is 0.409. The molecule has 0 saturated heterocycles. The van der Waals surface area contributed by atoms with E-state index in [2.05, 4.69) is 5.32 Å². The summed E-state index contributed by atoms with van der Waals surface area (Å²) in [5, 5.41) is 18.8. The lowest BCUT2D eigenvalue weighted by atomic mass is 9.92. The maximum absolute atomic E-state index is 10.4. The van der Waals surface area contributed by atoms with E-state index in [1.165, 1.54) is 0 Å². The third kappa shape index (κ3) is 5.32. The largest absolute Gasteiger partial charge is 0.472 e. The standard InChI is InChI=1S/C4H10BNO3/c1-2-4(7)6-3-5(8)9/h8-9H,2-3H2,1H3,(H,6,7). The smallest absolute Gasteiger partial charge is 0.426 e. The van der Waals surface area contributed by atoms with Crippen molar-refractivity contribution >= 4 is 13.0 Å². The van der Waals surface area contributed by atoms with E-state index in [1.807, 2.05) is 0 Å². The van der Waals surface area contributed by atoms with Crippen LogP contribution in [0.25, 0.3) is 0 Å². The highest BCUT2D eigenvalue weighted by molar-refractivity contribution is 6.41. The molecule has 5 heteroatoms. The number of hydrogen-bond acceptors (Lipinski definition) is 3. The van der Waals surface area contributed by atoms with Gasteiger partial charge in [0.1, 0.15) is 0 Å². The van der Waals surface area contributed by atoms with Crippen LogP contribution in [-0.2, 0) is 4.79 Å². The average molecular weight is 131 g/mol. The van der Waals surface area contributed by atoms with Crippen LogP contribution in [0.2, 0.25) is 0 Å². The monoisotopic (exact) mass is 131 g/mol. The van der Waals surface area contributed by atoms with Gasteiger partial charge < -0.3 is 15.4 Å². The number of rotatable bonds is 3. The van der Waals surface area contributed by atoms with E-state index in [1.54, 1.807) is 6.92 Å². The van der Waals surface area contributed by atoms with E-state index in [9.17, 15) is 4.79 Å². The highest BCUT2D eigenvalue weighted by atomic mass is 16.4. The molecule has 0 aliphatic rings. The highest BCUT2D eigenvalue weighted by Crippen LogP contribution is 1.73. The SMILES string of the molecule is CCC(=O)NCB(O)O. The van der Waals surface area contributed by atoms with E-state index in [0.29, 0.717) is 6.42 Å². The van der Waals surface area contributed by atoms with E-state index in [4.69, 9.17) is 10.0 Å². The Kier molecular flexibility index (Phi) is 4.08. The predicted octanol–water partition coefficient (Wildman–Crippen LogP) is -1.48. The summed E-state index contributed by atoms with van der Waals surface area (Å²) in [4.78, 5) is 10.4. The normalized spacial score (nSPS) is 8.78.